The Balaban J connectivity index is 2.30. The number of sulfonamides is 1. The maximum Gasteiger partial charge on any atom is 0.243 e. The number of nitrogens with zero attached hydrogens (tertiary/aromatic N) is 1. The highest BCUT2D eigenvalue weighted by Gasteiger charge is 2.34. The second-order valence-corrected chi connectivity index (χ2v) is 7.71. The Bertz CT molecular complexity index is 552. The van der Waals surface area contributed by atoms with Crippen molar-refractivity contribution in [2.24, 2.45) is 0 Å². The highest BCUT2D eigenvalue weighted by atomic mass is 32.2. The maximum absolute atomic E-state index is 12.7. The summed E-state index contributed by atoms with van der Waals surface area (Å²) in [6.07, 6.45) is 0. The van der Waals surface area contributed by atoms with E-state index in [1.165, 1.54) is 0 Å². The molecule has 0 bridgehead atoms. The van der Waals surface area contributed by atoms with Crippen LogP contribution in [0.25, 0.3) is 0 Å². The van der Waals surface area contributed by atoms with Crippen LogP contribution in [-0.2, 0) is 10.0 Å². The molecule has 1 N–H and O–H groups in total. The molecule has 1 saturated heterocycles. The minimum atomic E-state index is -3.39. The van der Waals surface area contributed by atoms with Crippen LogP contribution in [0.2, 0.25) is 0 Å². The van der Waals surface area contributed by atoms with E-state index >= 15 is 0 Å². The summed E-state index contributed by atoms with van der Waals surface area (Å²) in [6.45, 7) is 9.41. The molecule has 1 aliphatic rings. The lowest BCUT2D eigenvalue weighted by Gasteiger charge is -2.37. The first-order valence-corrected chi connectivity index (χ1v) is 8.63. The summed E-state index contributed by atoms with van der Waals surface area (Å²) in [4.78, 5) is 0.392. The van der Waals surface area contributed by atoms with Gasteiger partial charge in [-0.2, -0.15) is 4.31 Å². The van der Waals surface area contributed by atoms with Crippen molar-refractivity contribution < 1.29 is 8.42 Å². The number of hydrogen-bond donors (Lipinski definition) is 1. The molecule has 2 rings (SSSR count). The van der Waals surface area contributed by atoms with E-state index < -0.39 is 10.0 Å². The van der Waals surface area contributed by atoms with Gasteiger partial charge in [0.25, 0.3) is 0 Å². The van der Waals surface area contributed by atoms with Gasteiger partial charge in [-0.25, -0.2) is 8.42 Å². The van der Waals surface area contributed by atoms with Crippen molar-refractivity contribution in [1.29, 1.82) is 0 Å². The molecule has 1 aromatic rings. The lowest BCUT2D eigenvalue weighted by molar-refractivity contribution is 0.233. The van der Waals surface area contributed by atoms with Crippen LogP contribution < -0.4 is 5.32 Å². The molecule has 1 fully saturated rings. The molecule has 2 unspecified atom stereocenters. The third kappa shape index (κ3) is 2.90. The van der Waals surface area contributed by atoms with Gasteiger partial charge in [-0.15, -0.1) is 0 Å². The molecular formula is C15H24N2O2S. The normalized spacial score (nSPS) is 25.1. The van der Waals surface area contributed by atoms with Crippen LogP contribution in [-0.4, -0.2) is 37.9 Å². The van der Waals surface area contributed by atoms with Crippen LogP contribution in [0.1, 0.15) is 39.2 Å². The molecule has 0 amide bonds. The van der Waals surface area contributed by atoms with E-state index in [1.807, 2.05) is 26.0 Å². The Morgan fingerprint density at radius 2 is 1.80 bits per heavy atom. The van der Waals surface area contributed by atoms with Crippen molar-refractivity contribution >= 4 is 10.0 Å². The van der Waals surface area contributed by atoms with Crippen LogP contribution in [0.15, 0.2) is 29.2 Å². The number of piperazine rings is 1. The molecule has 0 spiro atoms. The van der Waals surface area contributed by atoms with E-state index in [0.29, 0.717) is 23.9 Å². The molecule has 4 nitrogen and oxygen atoms in total. The lowest BCUT2D eigenvalue weighted by Crippen LogP contribution is -2.57. The van der Waals surface area contributed by atoms with Crippen LogP contribution >= 0.6 is 0 Å². The van der Waals surface area contributed by atoms with Crippen molar-refractivity contribution in [2.75, 3.05) is 13.1 Å². The molecule has 1 aliphatic heterocycles. The zero-order valence-corrected chi connectivity index (χ0v) is 13.4. The molecule has 20 heavy (non-hydrogen) atoms. The maximum atomic E-state index is 12.7. The third-order valence-electron chi connectivity index (χ3n) is 4.13. The first kappa shape index (κ1) is 15.5. The van der Waals surface area contributed by atoms with Gasteiger partial charge in [-0.05, 0) is 37.5 Å². The van der Waals surface area contributed by atoms with Crippen LogP contribution in [0.4, 0.5) is 0 Å². The first-order valence-electron chi connectivity index (χ1n) is 7.19. The summed E-state index contributed by atoms with van der Waals surface area (Å²) in [6, 6.07) is 7.42. The van der Waals surface area contributed by atoms with E-state index in [1.54, 1.807) is 16.4 Å². The fourth-order valence-corrected chi connectivity index (χ4v) is 4.23. The molecule has 0 radical (unpaired) electrons. The van der Waals surface area contributed by atoms with Gasteiger partial charge in [-0.1, -0.05) is 26.0 Å². The Hall–Kier alpha value is -0.910. The minimum absolute atomic E-state index is 0.0291. The Morgan fingerprint density at radius 1 is 1.20 bits per heavy atom. The van der Waals surface area contributed by atoms with E-state index in [9.17, 15) is 8.42 Å². The second-order valence-electron chi connectivity index (χ2n) is 5.82. The highest BCUT2D eigenvalue weighted by molar-refractivity contribution is 7.89. The smallest absolute Gasteiger partial charge is 0.243 e. The summed E-state index contributed by atoms with van der Waals surface area (Å²) < 4.78 is 27.1. The van der Waals surface area contributed by atoms with Crippen molar-refractivity contribution in [3.63, 3.8) is 0 Å². The molecule has 0 saturated carbocycles. The van der Waals surface area contributed by atoms with Crippen molar-refractivity contribution in [1.82, 2.24) is 9.62 Å². The molecular weight excluding hydrogens is 272 g/mol. The predicted molar refractivity (Wildman–Crippen MR) is 81.3 cm³/mol. The standard InChI is InChI=1S/C15H24N2O2S/c1-11(2)14-5-7-15(8-6-14)20(18,19)17-10-9-16-12(3)13(17)4/h5-8,11-13,16H,9-10H2,1-4H3. The zero-order valence-electron chi connectivity index (χ0n) is 12.6. The number of benzene rings is 1. The quantitative estimate of drug-likeness (QED) is 0.930. The summed E-state index contributed by atoms with van der Waals surface area (Å²) in [7, 11) is -3.39. The molecule has 112 valence electrons. The summed E-state index contributed by atoms with van der Waals surface area (Å²) in [5, 5.41) is 3.30. The number of nitrogens with one attached hydrogen (secondary N) is 1. The predicted octanol–water partition coefficient (Wildman–Crippen LogP) is 2.18. The largest absolute Gasteiger partial charge is 0.311 e. The van der Waals surface area contributed by atoms with Gasteiger partial charge < -0.3 is 5.32 Å². The van der Waals surface area contributed by atoms with Gasteiger partial charge in [0, 0.05) is 25.2 Å². The Labute approximate surface area is 122 Å². The van der Waals surface area contributed by atoms with E-state index in [4.69, 9.17) is 0 Å². The molecule has 5 heteroatoms. The molecule has 0 aliphatic carbocycles. The van der Waals surface area contributed by atoms with Gasteiger partial charge >= 0.3 is 0 Å². The summed E-state index contributed by atoms with van der Waals surface area (Å²) in [5.74, 6) is 0.407. The molecule has 2 atom stereocenters. The number of rotatable bonds is 3. The van der Waals surface area contributed by atoms with Crippen LogP contribution in [0, 0.1) is 0 Å². The van der Waals surface area contributed by atoms with Crippen molar-refractivity contribution in [3.8, 4) is 0 Å². The highest BCUT2D eigenvalue weighted by Crippen LogP contribution is 2.23. The van der Waals surface area contributed by atoms with E-state index in [2.05, 4.69) is 19.2 Å². The SMILES string of the molecule is CC(C)c1ccc(S(=O)(=O)N2CCNC(C)C2C)cc1. The fourth-order valence-electron chi connectivity index (χ4n) is 2.53. The minimum Gasteiger partial charge on any atom is -0.311 e. The van der Waals surface area contributed by atoms with E-state index in [0.717, 1.165) is 5.56 Å². The topological polar surface area (TPSA) is 49.4 Å². The van der Waals surface area contributed by atoms with E-state index in [-0.39, 0.29) is 12.1 Å². The van der Waals surface area contributed by atoms with Gasteiger partial charge in [-0.3, -0.25) is 0 Å². The number of hydrogen-bond acceptors (Lipinski definition) is 3. The van der Waals surface area contributed by atoms with Crippen molar-refractivity contribution in [3.05, 3.63) is 29.8 Å². The monoisotopic (exact) mass is 296 g/mol. The van der Waals surface area contributed by atoms with Gasteiger partial charge in [0.2, 0.25) is 10.0 Å². The second kappa shape index (κ2) is 5.84. The van der Waals surface area contributed by atoms with Gasteiger partial charge in [0.15, 0.2) is 0 Å². The molecule has 1 aromatic carbocycles. The van der Waals surface area contributed by atoms with Gasteiger partial charge in [0.05, 0.1) is 4.90 Å². The fraction of sp³-hybridized carbons (Fsp3) is 0.600. The molecule has 0 aromatic heterocycles. The van der Waals surface area contributed by atoms with Crippen LogP contribution in [0.5, 0.6) is 0 Å². The Kier molecular flexibility index (Phi) is 4.52. The van der Waals surface area contributed by atoms with Crippen molar-refractivity contribution in [2.45, 2.75) is 50.6 Å². The lowest BCUT2D eigenvalue weighted by atomic mass is 10.0. The average Bonchev–Trinajstić information content (AvgIpc) is 2.41. The van der Waals surface area contributed by atoms with Gasteiger partial charge in [0.1, 0.15) is 0 Å². The first-order chi connectivity index (χ1) is 9.34. The molecule has 1 heterocycles. The summed E-state index contributed by atoms with van der Waals surface area (Å²) in [5.41, 5.74) is 1.16. The van der Waals surface area contributed by atoms with Crippen LogP contribution in [0.3, 0.4) is 0 Å². The Morgan fingerprint density at radius 3 is 2.35 bits per heavy atom. The summed E-state index contributed by atoms with van der Waals surface area (Å²) >= 11 is 0. The average molecular weight is 296 g/mol. The zero-order chi connectivity index (χ0) is 14.9. The third-order valence-corrected chi connectivity index (χ3v) is 6.13.